The number of nitrogen functional groups attached to an aromatic ring is 1. The van der Waals surface area contributed by atoms with Crippen molar-refractivity contribution in [3.8, 4) is 5.75 Å². The molecule has 0 fully saturated rings. The highest BCUT2D eigenvalue weighted by Crippen LogP contribution is 2.30. The largest absolute Gasteiger partial charge is 0.497 e. The molecule has 0 unspecified atom stereocenters. The summed E-state index contributed by atoms with van der Waals surface area (Å²) in [6, 6.07) is 7.90. The zero-order valence-corrected chi connectivity index (χ0v) is 14.7. The van der Waals surface area contributed by atoms with Crippen molar-refractivity contribution < 1.29 is 21.6 Å². The number of primary sulfonamides is 1. The van der Waals surface area contributed by atoms with E-state index in [9.17, 15) is 16.8 Å². The van der Waals surface area contributed by atoms with E-state index in [4.69, 9.17) is 27.2 Å². The summed E-state index contributed by atoms with van der Waals surface area (Å²) in [5, 5.41) is 4.76. The van der Waals surface area contributed by atoms with Crippen molar-refractivity contribution in [2.24, 2.45) is 5.14 Å². The zero-order valence-electron chi connectivity index (χ0n) is 12.4. The number of benzene rings is 2. The zero-order chi connectivity index (χ0) is 18.1. The van der Waals surface area contributed by atoms with Crippen LogP contribution in [0.15, 0.2) is 46.2 Å². The van der Waals surface area contributed by atoms with E-state index in [1.54, 1.807) is 12.1 Å². The number of hydrogen-bond acceptors (Lipinski definition) is 6. The smallest absolute Gasteiger partial charge is 0.263 e. The lowest BCUT2D eigenvalue weighted by Crippen LogP contribution is -2.18. The second-order valence-electron chi connectivity index (χ2n) is 4.70. The molecule has 0 aliphatic rings. The molecule has 2 rings (SSSR count). The predicted molar refractivity (Wildman–Crippen MR) is 91.0 cm³/mol. The maximum absolute atomic E-state index is 12.5. The molecule has 8 nitrogen and oxygen atoms in total. The van der Waals surface area contributed by atoms with Crippen LogP contribution in [0.1, 0.15) is 0 Å². The third kappa shape index (κ3) is 3.90. The van der Waals surface area contributed by atoms with Gasteiger partial charge in [0.15, 0.2) is 0 Å². The predicted octanol–water partition coefficient (Wildman–Crippen LogP) is 1.38. The van der Waals surface area contributed by atoms with Crippen LogP contribution in [0.2, 0.25) is 5.02 Å². The third-order valence-corrected chi connectivity index (χ3v) is 5.82. The normalized spacial score (nSPS) is 12.0. The molecule has 0 aliphatic carbocycles. The first-order chi connectivity index (χ1) is 11.0. The maximum Gasteiger partial charge on any atom is 0.263 e. The van der Waals surface area contributed by atoms with E-state index in [0.717, 1.165) is 12.1 Å². The topological polar surface area (TPSA) is 142 Å². The monoisotopic (exact) mass is 391 g/mol. The van der Waals surface area contributed by atoms with Crippen LogP contribution in [0.25, 0.3) is 0 Å². The number of hydrogen-bond donors (Lipinski definition) is 3. The molecule has 11 heteroatoms. The molecule has 0 saturated heterocycles. The minimum atomic E-state index is -4.21. The summed E-state index contributed by atoms with van der Waals surface area (Å²) in [4.78, 5) is -0.986. The molecule has 0 bridgehead atoms. The number of ether oxygens (including phenoxy) is 1. The Hall–Kier alpha value is -2.01. The highest BCUT2D eigenvalue weighted by atomic mass is 35.5. The van der Waals surface area contributed by atoms with E-state index < -0.39 is 29.8 Å². The molecule has 0 heterocycles. The lowest BCUT2D eigenvalue weighted by Gasteiger charge is -2.12. The summed E-state index contributed by atoms with van der Waals surface area (Å²) in [6.45, 7) is 0. The molecular formula is C13H14ClN3O5S2. The average molecular weight is 392 g/mol. The Balaban J connectivity index is 2.48. The first kappa shape index (κ1) is 18.3. The minimum Gasteiger partial charge on any atom is -0.497 e. The molecular weight excluding hydrogens is 378 g/mol. The van der Waals surface area contributed by atoms with E-state index in [1.807, 2.05) is 0 Å². The Kier molecular flexibility index (Phi) is 4.95. The van der Waals surface area contributed by atoms with Gasteiger partial charge in [-0.3, -0.25) is 4.72 Å². The lowest BCUT2D eigenvalue weighted by molar-refractivity contribution is 0.415. The fourth-order valence-corrected chi connectivity index (χ4v) is 4.25. The first-order valence-corrected chi connectivity index (χ1v) is 9.74. The van der Waals surface area contributed by atoms with Gasteiger partial charge in [-0.2, -0.15) is 0 Å². The summed E-state index contributed by atoms with van der Waals surface area (Å²) < 4.78 is 55.2. The number of anilines is 2. The van der Waals surface area contributed by atoms with Gasteiger partial charge in [-0.25, -0.2) is 22.0 Å². The van der Waals surface area contributed by atoms with Crippen molar-refractivity contribution in [2.75, 3.05) is 17.6 Å². The molecule has 5 N–H and O–H groups in total. The van der Waals surface area contributed by atoms with Crippen LogP contribution in [0.5, 0.6) is 5.75 Å². The van der Waals surface area contributed by atoms with Crippen molar-refractivity contribution in [3.63, 3.8) is 0 Å². The van der Waals surface area contributed by atoms with Gasteiger partial charge in [-0.05, 0) is 36.4 Å². The van der Waals surface area contributed by atoms with Crippen LogP contribution in [-0.2, 0) is 20.0 Å². The van der Waals surface area contributed by atoms with E-state index in [-0.39, 0.29) is 16.4 Å². The Morgan fingerprint density at radius 1 is 1.04 bits per heavy atom. The van der Waals surface area contributed by atoms with Crippen LogP contribution < -0.4 is 20.3 Å². The highest BCUT2D eigenvalue weighted by Gasteiger charge is 2.23. The van der Waals surface area contributed by atoms with Crippen molar-refractivity contribution in [3.05, 3.63) is 41.4 Å². The Morgan fingerprint density at radius 2 is 1.62 bits per heavy atom. The van der Waals surface area contributed by atoms with Crippen molar-refractivity contribution in [1.29, 1.82) is 0 Å². The first-order valence-electron chi connectivity index (χ1n) is 6.33. The Labute approximate surface area is 144 Å². The molecule has 0 saturated carbocycles. The van der Waals surface area contributed by atoms with Gasteiger partial charge in [-0.1, -0.05) is 11.6 Å². The second kappa shape index (κ2) is 6.48. The fourth-order valence-electron chi connectivity index (χ4n) is 1.87. The molecule has 0 atom stereocenters. The summed E-state index contributed by atoms with van der Waals surface area (Å²) in [5.74, 6) is 0.542. The second-order valence-corrected chi connectivity index (χ2v) is 8.29. The standard InChI is InChI=1S/C13H14ClN3O5S2/c1-22-9-4-2-8(3-5-9)17-24(20,21)13-7-12(23(16,18)19)10(14)6-11(13)15/h2-7,17H,15H2,1H3,(H2,16,18,19). The van der Waals surface area contributed by atoms with Gasteiger partial charge in [0.1, 0.15) is 15.5 Å². The molecule has 130 valence electrons. The van der Waals surface area contributed by atoms with E-state index in [2.05, 4.69) is 4.72 Å². The quantitative estimate of drug-likeness (QED) is 0.657. The lowest BCUT2D eigenvalue weighted by atomic mass is 10.3. The number of rotatable bonds is 5. The van der Waals surface area contributed by atoms with Crippen LogP contribution in [0.3, 0.4) is 0 Å². The van der Waals surface area contributed by atoms with Crippen LogP contribution in [-0.4, -0.2) is 23.9 Å². The van der Waals surface area contributed by atoms with E-state index in [0.29, 0.717) is 5.75 Å². The molecule has 0 aromatic heterocycles. The Morgan fingerprint density at radius 3 is 2.12 bits per heavy atom. The minimum absolute atomic E-state index is 0.214. The number of nitrogens with one attached hydrogen (secondary N) is 1. The van der Waals surface area contributed by atoms with Gasteiger partial charge >= 0.3 is 0 Å². The SMILES string of the molecule is COc1ccc(NS(=O)(=O)c2cc(S(N)(=O)=O)c(Cl)cc2N)cc1. The third-order valence-electron chi connectivity index (χ3n) is 3.00. The molecule has 0 radical (unpaired) electrons. The maximum atomic E-state index is 12.5. The van der Waals surface area contributed by atoms with Crippen LogP contribution in [0, 0.1) is 0 Å². The number of nitrogens with two attached hydrogens (primary N) is 2. The van der Waals surface area contributed by atoms with Gasteiger partial charge in [-0.15, -0.1) is 0 Å². The molecule has 2 aromatic carbocycles. The summed E-state index contributed by atoms with van der Waals surface area (Å²) in [6.07, 6.45) is 0. The van der Waals surface area contributed by atoms with Crippen LogP contribution >= 0.6 is 11.6 Å². The number of sulfonamides is 2. The fraction of sp³-hybridized carbons (Fsp3) is 0.0769. The number of methoxy groups -OCH3 is 1. The van der Waals surface area contributed by atoms with E-state index >= 15 is 0 Å². The molecule has 2 aromatic rings. The van der Waals surface area contributed by atoms with Crippen LogP contribution in [0.4, 0.5) is 11.4 Å². The summed E-state index contributed by atoms with van der Waals surface area (Å²) in [7, 11) is -6.89. The van der Waals surface area contributed by atoms with Crippen molar-refractivity contribution in [2.45, 2.75) is 9.79 Å². The van der Waals surface area contributed by atoms with Gasteiger partial charge in [0.05, 0.1) is 17.8 Å². The molecule has 0 amide bonds. The van der Waals surface area contributed by atoms with Gasteiger partial charge in [0.2, 0.25) is 10.0 Å². The Bertz CT molecular complexity index is 973. The van der Waals surface area contributed by atoms with Gasteiger partial charge in [0.25, 0.3) is 10.0 Å². The molecule has 0 spiro atoms. The van der Waals surface area contributed by atoms with Crippen molar-refractivity contribution >= 4 is 43.0 Å². The van der Waals surface area contributed by atoms with Crippen molar-refractivity contribution in [1.82, 2.24) is 0 Å². The number of halogens is 1. The van der Waals surface area contributed by atoms with E-state index in [1.165, 1.54) is 19.2 Å². The highest BCUT2D eigenvalue weighted by molar-refractivity contribution is 7.93. The molecule has 0 aliphatic heterocycles. The molecule has 24 heavy (non-hydrogen) atoms. The summed E-state index contributed by atoms with van der Waals surface area (Å²) in [5.41, 5.74) is 5.68. The average Bonchev–Trinajstić information content (AvgIpc) is 2.45. The van der Waals surface area contributed by atoms with Gasteiger partial charge < -0.3 is 10.5 Å². The van der Waals surface area contributed by atoms with Gasteiger partial charge in [0, 0.05) is 5.69 Å². The summed E-state index contributed by atoms with van der Waals surface area (Å²) >= 11 is 5.76.